The molecule has 0 bridgehead atoms. The Hall–Kier alpha value is -1.68. The predicted octanol–water partition coefficient (Wildman–Crippen LogP) is 2.40. The smallest absolute Gasteiger partial charge is 0.0998 e. The third-order valence-electron chi connectivity index (χ3n) is 4.26. The summed E-state index contributed by atoms with van der Waals surface area (Å²) in [6.45, 7) is 0.919. The second kappa shape index (κ2) is 5.02. The van der Waals surface area contributed by atoms with Crippen molar-refractivity contribution in [3.8, 4) is 5.69 Å². The van der Waals surface area contributed by atoms with Crippen molar-refractivity contribution in [2.24, 2.45) is 0 Å². The molecule has 2 aromatic heterocycles. The van der Waals surface area contributed by atoms with E-state index in [-0.39, 0.29) is 0 Å². The van der Waals surface area contributed by atoms with E-state index in [2.05, 4.69) is 25.9 Å². The lowest BCUT2D eigenvalue weighted by Crippen LogP contribution is -2.15. The Labute approximate surface area is 119 Å². The number of nitrogens with zero attached hydrogens (tertiary/aromatic N) is 3. The maximum atomic E-state index is 4.57. The molecule has 2 aliphatic carbocycles. The molecular formula is C16H20N4. The molecule has 20 heavy (non-hydrogen) atoms. The van der Waals surface area contributed by atoms with Crippen LogP contribution in [-0.2, 0) is 19.4 Å². The molecule has 1 N–H and O–H groups in total. The minimum atomic E-state index is 0.736. The summed E-state index contributed by atoms with van der Waals surface area (Å²) in [7, 11) is 0. The van der Waals surface area contributed by atoms with Crippen molar-refractivity contribution >= 4 is 0 Å². The number of pyridine rings is 1. The van der Waals surface area contributed by atoms with E-state index in [0.29, 0.717) is 0 Å². The molecular weight excluding hydrogens is 248 g/mol. The first-order valence-electron chi connectivity index (χ1n) is 7.63. The number of rotatable bonds is 4. The molecule has 0 radical (unpaired) electrons. The largest absolute Gasteiger partial charge is 0.310 e. The Morgan fingerprint density at radius 3 is 3.00 bits per heavy atom. The normalized spacial score (nSPS) is 18.0. The minimum absolute atomic E-state index is 0.736. The topological polar surface area (TPSA) is 42.7 Å². The molecule has 1 saturated carbocycles. The summed E-state index contributed by atoms with van der Waals surface area (Å²) < 4.78 is 2.22. The Balaban J connectivity index is 1.60. The number of nitrogens with one attached hydrogen (secondary N) is 1. The average Bonchev–Trinajstić information content (AvgIpc) is 3.23. The van der Waals surface area contributed by atoms with Gasteiger partial charge in [0.25, 0.3) is 0 Å². The Bertz CT molecular complexity index is 613. The summed E-state index contributed by atoms with van der Waals surface area (Å²) in [4.78, 5) is 8.97. The van der Waals surface area contributed by atoms with Gasteiger partial charge < -0.3 is 9.88 Å². The monoisotopic (exact) mass is 268 g/mol. The SMILES string of the molecule is c1ncc(-n2cnc3c2CCCC3)cc1CNC1CC1. The third-order valence-corrected chi connectivity index (χ3v) is 4.26. The molecule has 4 heteroatoms. The van der Waals surface area contributed by atoms with Crippen molar-refractivity contribution in [1.29, 1.82) is 0 Å². The summed E-state index contributed by atoms with van der Waals surface area (Å²) in [5.41, 5.74) is 5.06. The molecule has 0 aliphatic heterocycles. The number of hydrogen-bond acceptors (Lipinski definition) is 3. The van der Waals surface area contributed by atoms with Crippen LogP contribution in [0.15, 0.2) is 24.8 Å². The fourth-order valence-corrected chi connectivity index (χ4v) is 2.94. The molecule has 104 valence electrons. The second-order valence-corrected chi connectivity index (χ2v) is 5.92. The van der Waals surface area contributed by atoms with E-state index in [9.17, 15) is 0 Å². The van der Waals surface area contributed by atoms with Gasteiger partial charge in [0.05, 0.1) is 23.9 Å². The molecule has 2 aromatic rings. The van der Waals surface area contributed by atoms with E-state index in [1.807, 2.05) is 18.7 Å². The zero-order chi connectivity index (χ0) is 13.4. The van der Waals surface area contributed by atoms with E-state index in [4.69, 9.17) is 0 Å². The van der Waals surface area contributed by atoms with E-state index in [0.717, 1.165) is 31.1 Å². The van der Waals surface area contributed by atoms with Gasteiger partial charge in [-0.3, -0.25) is 4.98 Å². The van der Waals surface area contributed by atoms with Crippen LogP contribution in [0.5, 0.6) is 0 Å². The number of aromatic nitrogens is 3. The standard InChI is InChI=1S/C16H20N4/c1-2-4-16-15(3-1)19-11-20(16)14-7-12(8-17-10-14)9-18-13-5-6-13/h7-8,10-11,13,18H,1-6,9H2. The van der Waals surface area contributed by atoms with Crippen LogP contribution in [-0.4, -0.2) is 20.6 Å². The van der Waals surface area contributed by atoms with E-state index in [1.165, 1.54) is 42.6 Å². The zero-order valence-corrected chi connectivity index (χ0v) is 11.7. The highest BCUT2D eigenvalue weighted by molar-refractivity contribution is 5.36. The molecule has 4 rings (SSSR count). The fourth-order valence-electron chi connectivity index (χ4n) is 2.94. The third kappa shape index (κ3) is 2.36. The highest BCUT2D eigenvalue weighted by atomic mass is 15.1. The number of hydrogen-bond donors (Lipinski definition) is 1. The van der Waals surface area contributed by atoms with Gasteiger partial charge in [0, 0.05) is 24.5 Å². The van der Waals surface area contributed by atoms with Gasteiger partial charge >= 0.3 is 0 Å². The summed E-state index contributed by atoms with van der Waals surface area (Å²) in [6, 6.07) is 2.97. The summed E-state index contributed by atoms with van der Waals surface area (Å²) in [6.07, 6.45) is 13.3. The van der Waals surface area contributed by atoms with Crippen LogP contribution in [0, 0.1) is 0 Å². The van der Waals surface area contributed by atoms with E-state index in [1.54, 1.807) is 0 Å². The molecule has 0 unspecified atom stereocenters. The predicted molar refractivity (Wildman–Crippen MR) is 77.9 cm³/mol. The second-order valence-electron chi connectivity index (χ2n) is 5.92. The lowest BCUT2D eigenvalue weighted by Gasteiger charge is -2.14. The van der Waals surface area contributed by atoms with Gasteiger partial charge in [0.15, 0.2) is 0 Å². The number of fused-ring (bicyclic) bond motifs is 1. The molecule has 0 atom stereocenters. The molecule has 0 amide bonds. The molecule has 2 heterocycles. The van der Waals surface area contributed by atoms with Crippen molar-refractivity contribution in [2.75, 3.05) is 0 Å². The number of imidazole rings is 1. The average molecular weight is 268 g/mol. The first kappa shape index (κ1) is 12.1. The van der Waals surface area contributed by atoms with Gasteiger partial charge in [0.1, 0.15) is 0 Å². The molecule has 1 fully saturated rings. The van der Waals surface area contributed by atoms with Gasteiger partial charge in [-0.05, 0) is 50.2 Å². The lowest BCUT2D eigenvalue weighted by molar-refractivity contribution is 0.655. The van der Waals surface area contributed by atoms with Gasteiger partial charge in [-0.1, -0.05) is 0 Å². The van der Waals surface area contributed by atoms with Crippen molar-refractivity contribution in [2.45, 2.75) is 51.1 Å². The molecule has 0 saturated heterocycles. The van der Waals surface area contributed by atoms with Gasteiger partial charge in [0.2, 0.25) is 0 Å². The van der Waals surface area contributed by atoms with E-state index >= 15 is 0 Å². The Morgan fingerprint density at radius 2 is 2.10 bits per heavy atom. The van der Waals surface area contributed by atoms with Crippen LogP contribution in [0.1, 0.15) is 42.6 Å². The molecule has 2 aliphatic rings. The van der Waals surface area contributed by atoms with Crippen molar-refractivity contribution in [3.63, 3.8) is 0 Å². The lowest BCUT2D eigenvalue weighted by atomic mass is 10.0. The van der Waals surface area contributed by atoms with Crippen molar-refractivity contribution in [3.05, 3.63) is 41.7 Å². The first-order chi connectivity index (χ1) is 9.90. The zero-order valence-electron chi connectivity index (χ0n) is 11.7. The Morgan fingerprint density at radius 1 is 1.20 bits per heavy atom. The maximum absolute atomic E-state index is 4.57. The quantitative estimate of drug-likeness (QED) is 0.926. The number of aryl methyl sites for hydroxylation is 1. The van der Waals surface area contributed by atoms with Crippen LogP contribution in [0.25, 0.3) is 5.69 Å². The molecule has 0 spiro atoms. The summed E-state index contributed by atoms with van der Waals surface area (Å²) in [5.74, 6) is 0. The van der Waals surface area contributed by atoms with Gasteiger partial charge in [-0.25, -0.2) is 4.98 Å². The van der Waals surface area contributed by atoms with Crippen LogP contribution >= 0.6 is 0 Å². The highest BCUT2D eigenvalue weighted by Crippen LogP contribution is 2.23. The molecule has 0 aromatic carbocycles. The van der Waals surface area contributed by atoms with Crippen molar-refractivity contribution in [1.82, 2.24) is 19.9 Å². The van der Waals surface area contributed by atoms with Crippen LogP contribution in [0.3, 0.4) is 0 Å². The fraction of sp³-hybridized carbons (Fsp3) is 0.500. The first-order valence-corrected chi connectivity index (χ1v) is 7.63. The van der Waals surface area contributed by atoms with Crippen LogP contribution in [0.2, 0.25) is 0 Å². The maximum Gasteiger partial charge on any atom is 0.0998 e. The van der Waals surface area contributed by atoms with E-state index < -0.39 is 0 Å². The van der Waals surface area contributed by atoms with Gasteiger partial charge in [-0.2, -0.15) is 0 Å². The van der Waals surface area contributed by atoms with Crippen LogP contribution < -0.4 is 5.32 Å². The van der Waals surface area contributed by atoms with Crippen molar-refractivity contribution < 1.29 is 0 Å². The Kier molecular flexibility index (Phi) is 3.03. The summed E-state index contributed by atoms with van der Waals surface area (Å²) in [5, 5.41) is 3.54. The highest BCUT2D eigenvalue weighted by Gasteiger charge is 2.20. The van der Waals surface area contributed by atoms with Crippen LogP contribution in [0.4, 0.5) is 0 Å². The minimum Gasteiger partial charge on any atom is -0.310 e. The summed E-state index contributed by atoms with van der Waals surface area (Å²) >= 11 is 0. The molecule has 4 nitrogen and oxygen atoms in total. The van der Waals surface area contributed by atoms with Gasteiger partial charge in [-0.15, -0.1) is 0 Å².